The highest BCUT2D eigenvalue weighted by atomic mass is 19.1. The van der Waals surface area contributed by atoms with E-state index in [0.29, 0.717) is 23.1 Å². The summed E-state index contributed by atoms with van der Waals surface area (Å²) < 4.78 is 14.0. The molecule has 0 aliphatic heterocycles. The van der Waals surface area contributed by atoms with E-state index >= 15 is 0 Å². The van der Waals surface area contributed by atoms with Crippen LogP contribution >= 0.6 is 0 Å². The maximum Gasteiger partial charge on any atom is 0.335 e. The number of halogens is 1. The normalized spacial score (nSPS) is 11.5. The number of aromatic carboxylic acids is 1. The van der Waals surface area contributed by atoms with Gasteiger partial charge in [0, 0.05) is 30.2 Å². The van der Waals surface area contributed by atoms with Gasteiger partial charge in [-0.05, 0) is 62.0 Å². The van der Waals surface area contributed by atoms with Crippen molar-refractivity contribution in [3.05, 3.63) is 59.4 Å². The molecule has 6 nitrogen and oxygen atoms in total. The second kappa shape index (κ2) is 9.58. The number of nitrogens with zero attached hydrogens (tertiary/aromatic N) is 2. The molecule has 4 aromatic rings. The van der Waals surface area contributed by atoms with Gasteiger partial charge in [-0.1, -0.05) is 25.8 Å². The van der Waals surface area contributed by atoms with E-state index in [1.54, 1.807) is 19.2 Å². The van der Waals surface area contributed by atoms with Gasteiger partial charge < -0.3 is 20.3 Å². The van der Waals surface area contributed by atoms with Gasteiger partial charge in [0.1, 0.15) is 5.82 Å². The lowest BCUT2D eigenvalue weighted by molar-refractivity contribution is 0.0696. The van der Waals surface area contributed by atoms with Crippen LogP contribution in [0, 0.1) is 5.82 Å². The number of benzene rings is 2. The summed E-state index contributed by atoms with van der Waals surface area (Å²) in [5, 5.41) is 13.2. The van der Waals surface area contributed by atoms with E-state index in [1.807, 2.05) is 18.2 Å². The molecule has 172 valence electrons. The van der Waals surface area contributed by atoms with Crippen LogP contribution in [0.2, 0.25) is 0 Å². The van der Waals surface area contributed by atoms with Gasteiger partial charge in [0.2, 0.25) is 0 Å². The molecule has 2 aromatic carbocycles. The van der Waals surface area contributed by atoms with Crippen LogP contribution < -0.4 is 5.32 Å². The SMILES string of the molecule is CCCCCN(C)Cc1cc(C(=O)O)ccc1-c1cc2nc3c(NC)cc(F)cc3cc2[nH]1. The third-order valence-corrected chi connectivity index (χ3v) is 5.96. The Morgan fingerprint density at radius 1 is 1.18 bits per heavy atom. The monoisotopic (exact) mass is 448 g/mol. The molecular weight excluding hydrogens is 419 g/mol. The van der Waals surface area contributed by atoms with Crippen LogP contribution in [0.25, 0.3) is 33.2 Å². The van der Waals surface area contributed by atoms with Crippen LogP contribution in [0.15, 0.2) is 42.5 Å². The first-order chi connectivity index (χ1) is 15.9. The number of rotatable bonds is 9. The number of unbranched alkanes of at least 4 members (excludes halogenated alkanes) is 2. The first-order valence-corrected chi connectivity index (χ1v) is 11.3. The molecule has 4 rings (SSSR count). The largest absolute Gasteiger partial charge is 0.478 e. The third-order valence-electron chi connectivity index (χ3n) is 5.96. The predicted molar refractivity (Wildman–Crippen MR) is 131 cm³/mol. The smallest absolute Gasteiger partial charge is 0.335 e. The van der Waals surface area contributed by atoms with E-state index < -0.39 is 5.97 Å². The van der Waals surface area contributed by atoms with Crippen molar-refractivity contribution in [3.63, 3.8) is 0 Å². The third kappa shape index (κ3) is 4.83. The summed E-state index contributed by atoms with van der Waals surface area (Å²) >= 11 is 0. The quantitative estimate of drug-likeness (QED) is 0.278. The van der Waals surface area contributed by atoms with E-state index in [9.17, 15) is 14.3 Å². The zero-order valence-electron chi connectivity index (χ0n) is 19.2. The molecule has 3 N–H and O–H groups in total. The molecule has 0 fully saturated rings. The Balaban J connectivity index is 1.77. The second-order valence-corrected chi connectivity index (χ2v) is 8.50. The molecule has 7 heteroatoms. The van der Waals surface area contributed by atoms with Gasteiger partial charge in [-0.25, -0.2) is 14.2 Å². The molecular formula is C26H29FN4O2. The van der Waals surface area contributed by atoms with E-state index in [-0.39, 0.29) is 11.4 Å². The molecule has 0 saturated carbocycles. The number of anilines is 1. The van der Waals surface area contributed by atoms with Gasteiger partial charge in [0.05, 0.1) is 27.8 Å². The summed E-state index contributed by atoms with van der Waals surface area (Å²) in [6, 6.07) is 12.0. The molecule has 0 atom stereocenters. The Morgan fingerprint density at radius 3 is 2.73 bits per heavy atom. The highest BCUT2D eigenvalue weighted by molar-refractivity contribution is 5.99. The number of carbonyl (C=O) groups is 1. The number of fused-ring (bicyclic) bond motifs is 2. The Morgan fingerprint density at radius 2 is 2.00 bits per heavy atom. The molecule has 0 bridgehead atoms. The summed E-state index contributed by atoms with van der Waals surface area (Å²) in [5.41, 5.74) is 5.90. The van der Waals surface area contributed by atoms with Gasteiger partial charge in [-0.15, -0.1) is 0 Å². The zero-order valence-corrected chi connectivity index (χ0v) is 19.2. The number of aromatic amines is 1. The fraction of sp³-hybridized carbons (Fsp3) is 0.308. The van der Waals surface area contributed by atoms with E-state index in [4.69, 9.17) is 4.98 Å². The summed E-state index contributed by atoms with van der Waals surface area (Å²) in [5.74, 6) is -1.26. The van der Waals surface area contributed by atoms with Crippen molar-refractivity contribution >= 4 is 33.6 Å². The average molecular weight is 449 g/mol. The van der Waals surface area contributed by atoms with Crippen LogP contribution in [-0.4, -0.2) is 46.6 Å². The maximum atomic E-state index is 14.0. The lowest BCUT2D eigenvalue weighted by atomic mass is 10.0. The lowest BCUT2D eigenvalue weighted by Gasteiger charge is -2.19. The summed E-state index contributed by atoms with van der Waals surface area (Å²) in [4.78, 5) is 22.0. The average Bonchev–Trinajstić information content (AvgIpc) is 3.19. The molecule has 0 radical (unpaired) electrons. The molecule has 0 spiro atoms. The fourth-order valence-corrected chi connectivity index (χ4v) is 4.25. The van der Waals surface area contributed by atoms with Gasteiger partial charge >= 0.3 is 5.97 Å². The number of H-pyrrole nitrogens is 1. The minimum Gasteiger partial charge on any atom is -0.478 e. The number of aromatic nitrogens is 2. The summed E-state index contributed by atoms with van der Waals surface area (Å²) in [6.07, 6.45) is 3.43. The minimum absolute atomic E-state index is 0.268. The number of pyridine rings is 1. The molecule has 2 heterocycles. The highest BCUT2D eigenvalue weighted by Gasteiger charge is 2.15. The standard InChI is InChI=1S/C26H29FN4O2/c1-4-5-6-9-31(3)15-18-10-16(26(32)33)7-8-20(18)21-14-23-22(29-21)12-17-11-19(27)13-24(28-2)25(17)30-23/h7-8,10-14,28-29H,4-6,9,15H2,1-3H3,(H,32,33). The van der Waals surface area contributed by atoms with E-state index in [1.165, 1.54) is 18.6 Å². The minimum atomic E-state index is -0.942. The molecule has 33 heavy (non-hydrogen) atoms. The molecule has 0 amide bonds. The van der Waals surface area contributed by atoms with Crippen molar-refractivity contribution < 1.29 is 14.3 Å². The maximum absolute atomic E-state index is 14.0. The molecule has 0 saturated heterocycles. The fourth-order valence-electron chi connectivity index (χ4n) is 4.25. The topological polar surface area (TPSA) is 81.2 Å². The summed E-state index contributed by atoms with van der Waals surface area (Å²) in [7, 11) is 3.80. The first kappa shape index (κ1) is 22.7. The Kier molecular flexibility index (Phi) is 6.60. The van der Waals surface area contributed by atoms with Gasteiger partial charge in [-0.2, -0.15) is 0 Å². The second-order valence-electron chi connectivity index (χ2n) is 8.50. The summed E-state index contributed by atoms with van der Waals surface area (Å²) in [6.45, 7) is 3.76. The first-order valence-electron chi connectivity index (χ1n) is 11.3. The van der Waals surface area contributed by atoms with Gasteiger partial charge in [0.15, 0.2) is 0 Å². The number of hydrogen-bond acceptors (Lipinski definition) is 4. The van der Waals surface area contributed by atoms with Crippen LogP contribution in [0.4, 0.5) is 10.1 Å². The van der Waals surface area contributed by atoms with Crippen molar-refractivity contribution in [1.29, 1.82) is 0 Å². The van der Waals surface area contributed by atoms with Crippen molar-refractivity contribution in [2.24, 2.45) is 0 Å². The number of carboxylic acid groups (broad SMARTS) is 1. The van der Waals surface area contributed by atoms with Crippen LogP contribution in [0.3, 0.4) is 0 Å². The van der Waals surface area contributed by atoms with E-state index in [0.717, 1.165) is 47.2 Å². The Labute approximate surface area is 192 Å². The van der Waals surface area contributed by atoms with E-state index in [2.05, 4.69) is 29.2 Å². The highest BCUT2D eigenvalue weighted by Crippen LogP contribution is 2.31. The van der Waals surface area contributed by atoms with Gasteiger partial charge in [-0.3, -0.25) is 0 Å². The lowest BCUT2D eigenvalue weighted by Crippen LogP contribution is -2.20. The number of carboxylic acids is 1. The number of hydrogen-bond donors (Lipinski definition) is 3. The molecule has 0 aliphatic rings. The molecule has 0 aliphatic carbocycles. The Hall–Kier alpha value is -3.45. The van der Waals surface area contributed by atoms with Crippen LogP contribution in [-0.2, 0) is 6.54 Å². The van der Waals surface area contributed by atoms with Crippen molar-refractivity contribution in [1.82, 2.24) is 14.9 Å². The zero-order chi connectivity index (χ0) is 23.5. The molecule has 0 unspecified atom stereocenters. The predicted octanol–water partition coefficient (Wildman–Crippen LogP) is 5.88. The number of nitrogens with one attached hydrogen (secondary N) is 2. The molecule has 2 aromatic heterocycles. The van der Waals surface area contributed by atoms with Crippen molar-refractivity contribution in [2.45, 2.75) is 32.7 Å². The van der Waals surface area contributed by atoms with Crippen LogP contribution in [0.5, 0.6) is 0 Å². The Bertz CT molecular complexity index is 1310. The van der Waals surface area contributed by atoms with Crippen molar-refractivity contribution in [3.8, 4) is 11.3 Å². The van der Waals surface area contributed by atoms with Gasteiger partial charge in [0.25, 0.3) is 0 Å². The van der Waals surface area contributed by atoms with Crippen molar-refractivity contribution in [2.75, 3.05) is 26.0 Å². The van der Waals surface area contributed by atoms with Crippen LogP contribution in [0.1, 0.15) is 42.1 Å².